The minimum Gasteiger partial charge on any atom is -0.496 e. The highest BCUT2D eigenvalue weighted by Gasteiger charge is 2.11. The van der Waals surface area contributed by atoms with Crippen molar-refractivity contribution in [2.45, 2.75) is 19.4 Å². The summed E-state index contributed by atoms with van der Waals surface area (Å²) >= 11 is 3.45. The second-order valence-electron chi connectivity index (χ2n) is 3.47. The third kappa shape index (κ3) is 2.93. The van der Waals surface area contributed by atoms with Crippen molar-refractivity contribution in [3.05, 3.63) is 27.7 Å². The number of aliphatic hydroxyl groups is 1. The lowest BCUT2D eigenvalue weighted by Crippen LogP contribution is -2.12. The van der Waals surface area contributed by atoms with Gasteiger partial charge in [0.25, 0.3) is 0 Å². The number of hydrogen-bond donors (Lipinski definition) is 2. The van der Waals surface area contributed by atoms with Gasteiger partial charge in [-0.3, -0.25) is 0 Å². The molecule has 1 atom stereocenters. The number of nitrogens with two attached hydrogens (primary N) is 1. The van der Waals surface area contributed by atoms with Gasteiger partial charge in [-0.1, -0.05) is 6.07 Å². The second kappa shape index (κ2) is 5.49. The summed E-state index contributed by atoms with van der Waals surface area (Å²) in [4.78, 5) is 0. The van der Waals surface area contributed by atoms with Crippen LogP contribution in [-0.4, -0.2) is 18.8 Å². The fourth-order valence-corrected chi connectivity index (χ4v) is 1.82. The molecule has 0 saturated carbocycles. The van der Waals surface area contributed by atoms with Gasteiger partial charge in [0.1, 0.15) is 5.75 Å². The molecule has 0 bridgehead atoms. The Hall–Kier alpha value is -0.580. The van der Waals surface area contributed by atoms with Gasteiger partial charge in [-0.25, -0.2) is 0 Å². The van der Waals surface area contributed by atoms with Crippen LogP contribution in [0.25, 0.3) is 0 Å². The molecular weight excluding hydrogens is 258 g/mol. The van der Waals surface area contributed by atoms with Crippen LogP contribution in [0.3, 0.4) is 0 Å². The first-order valence-corrected chi connectivity index (χ1v) is 5.60. The molecule has 0 saturated heterocycles. The first kappa shape index (κ1) is 12.5. The molecule has 0 radical (unpaired) electrons. The second-order valence-corrected chi connectivity index (χ2v) is 4.27. The van der Waals surface area contributed by atoms with E-state index in [0.717, 1.165) is 21.3 Å². The molecule has 0 fully saturated rings. The van der Waals surface area contributed by atoms with E-state index in [2.05, 4.69) is 15.9 Å². The van der Waals surface area contributed by atoms with E-state index in [0.29, 0.717) is 6.42 Å². The summed E-state index contributed by atoms with van der Waals surface area (Å²) in [7, 11) is 1.63. The number of methoxy groups -OCH3 is 1. The van der Waals surface area contributed by atoms with Gasteiger partial charge in [0.15, 0.2) is 0 Å². The summed E-state index contributed by atoms with van der Waals surface area (Å²) in [6.45, 7) is 2.08. The van der Waals surface area contributed by atoms with Gasteiger partial charge in [-0.05, 0) is 46.5 Å². The summed E-state index contributed by atoms with van der Waals surface area (Å²) in [5, 5.41) is 8.83. The smallest absolute Gasteiger partial charge is 0.133 e. The number of ether oxygens (including phenoxy) is 1. The van der Waals surface area contributed by atoms with Crippen molar-refractivity contribution in [2.75, 3.05) is 13.7 Å². The van der Waals surface area contributed by atoms with Crippen molar-refractivity contribution in [2.24, 2.45) is 5.73 Å². The predicted octanol–water partition coefficient (Wildman–Crippen LogP) is 2.15. The molecule has 3 nitrogen and oxygen atoms in total. The van der Waals surface area contributed by atoms with Gasteiger partial charge in [0, 0.05) is 12.6 Å². The molecule has 1 unspecified atom stereocenters. The molecule has 1 aromatic carbocycles. The van der Waals surface area contributed by atoms with E-state index >= 15 is 0 Å². The van der Waals surface area contributed by atoms with Gasteiger partial charge in [-0.2, -0.15) is 0 Å². The zero-order valence-corrected chi connectivity index (χ0v) is 10.5. The molecule has 0 heterocycles. The highest BCUT2D eigenvalue weighted by molar-refractivity contribution is 9.10. The molecule has 0 amide bonds. The van der Waals surface area contributed by atoms with E-state index in [1.165, 1.54) is 0 Å². The SMILES string of the molecule is COc1cc(C(N)CCO)cc(C)c1Br. The molecule has 84 valence electrons. The van der Waals surface area contributed by atoms with Crippen molar-refractivity contribution in [1.82, 2.24) is 0 Å². The summed E-state index contributed by atoms with van der Waals surface area (Å²) in [6.07, 6.45) is 0.560. The van der Waals surface area contributed by atoms with Crippen LogP contribution in [0.5, 0.6) is 5.75 Å². The van der Waals surface area contributed by atoms with E-state index in [-0.39, 0.29) is 12.6 Å². The van der Waals surface area contributed by atoms with Crippen LogP contribution >= 0.6 is 15.9 Å². The normalized spacial score (nSPS) is 12.6. The molecule has 0 aliphatic heterocycles. The minimum absolute atomic E-state index is 0.0958. The maximum absolute atomic E-state index is 8.83. The van der Waals surface area contributed by atoms with Gasteiger partial charge in [0.2, 0.25) is 0 Å². The molecule has 4 heteroatoms. The Balaban J connectivity index is 3.05. The lowest BCUT2D eigenvalue weighted by atomic mass is 10.0. The van der Waals surface area contributed by atoms with Crippen molar-refractivity contribution < 1.29 is 9.84 Å². The zero-order chi connectivity index (χ0) is 11.4. The summed E-state index contributed by atoms with van der Waals surface area (Å²) in [5.41, 5.74) is 7.99. The molecular formula is C11H16BrNO2. The third-order valence-corrected chi connectivity index (χ3v) is 3.35. The first-order valence-electron chi connectivity index (χ1n) is 4.80. The van der Waals surface area contributed by atoms with Gasteiger partial charge in [0.05, 0.1) is 11.6 Å². The van der Waals surface area contributed by atoms with Crippen molar-refractivity contribution in [3.63, 3.8) is 0 Å². The highest BCUT2D eigenvalue weighted by Crippen LogP contribution is 2.31. The number of aryl methyl sites for hydroxylation is 1. The van der Waals surface area contributed by atoms with Crippen LogP contribution in [0.15, 0.2) is 16.6 Å². The fraction of sp³-hybridized carbons (Fsp3) is 0.455. The van der Waals surface area contributed by atoms with Crippen molar-refractivity contribution >= 4 is 15.9 Å². The first-order chi connectivity index (χ1) is 7.10. The van der Waals surface area contributed by atoms with Crippen LogP contribution in [0.1, 0.15) is 23.6 Å². The van der Waals surface area contributed by atoms with Crippen LogP contribution in [0.2, 0.25) is 0 Å². The maximum atomic E-state index is 8.83. The monoisotopic (exact) mass is 273 g/mol. The average molecular weight is 274 g/mol. The summed E-state index contributed by atoms with van der Waals surface area (Å²) in [6, 6.07) is 3.76. The Bertz CT molecular complexity index is 342. The van der Waals surface area contributed by atoms with Crippen LogP contribution in [0, 0.1) is 6.92 Å². The fourth-order valence-electron chi connectivity index (χ4n) is 1.43. The number of benzene rings is 1. The molecule has 3 N–H and O–H groups in total. The van der Waals surface area contributed by atoms with E-state index in [1.807, 2.05) is 19.1 Å². The minimum atomic E-state index is -0.143. The Morgan fingerprint density at radius 3 is 2.73 bits per heavy atom. The van der Waals surface area contributed by atoms with Crippen LogP contribution < -0.4 is 10.5 Å². The predicted molar refractivity (Wildman–Crippen MR) is 64.1 cm³/mol. The van der Waals surface area contributed by atoms with E-state index < -0.39 is 0 Å². The largest absolute Gasteiger partial charge is 0.496 e. The third-order valence-electron chi connectivity index (χ3n) is 2.33. The molecule has 0 aliphatic carbocycles. The number of rotatable bonds is 4. The molecule has 1 aromatic rings. The quantitative estimate of drug-likeness (QED) is 0.884. The Morgan fingerprint density at radius 1 is 1.53 bits per heavy atom. The molecule has 0 aliphatic rings. The number of hydrogen-bond acceptors (Lipinski definition) is 3. The lowest BCUT2D eigenvalue weighted by molar-refractivity contribution is 0.276. The summed E-state index contributed by atoms with van der Waals surface area (Å²) in [5.74, 6) is 0.776. The standard InChI is InChI=1S/C11H16BrNO2/c1-7-5-8(9(13)3-4-14)6-10(15-2)11(7)12/h5-6,9,14H,3-4,13H2,1-2H3. The zero-order valence-electron chi connectivity index (χ0n) is 8.96. The van der Waals surface area contributed by atoms with E-state index in [9.17, 15) is 0 Å². The Kier molecular flexibility index (Phi) is 4.57. The topological polar surface area (TPSA) is 55.5 Å². The van der Waals surface area contributed by atoms with Crippen LogP contribution in [-0.2, 0) is 0 Å². The molecule has 0 aromatic heterocycles. The van der Waals surface area contributed by atoms with E-state index in [1.54, 1.807) is 7.11 Å². The van der Waals surface area contributed by atoms with Gasteiger partial charge >= 0.3 is 0 Å². The van der Waals surface area contributed by atoms with Crippen LogP contribution in [0.4, 0.5) is 0 Å². The lowest BCUT2D eigenvalue weighted by Gasteiger charge is -2.14. The van der Waals surface area contributed by atoms with Gasteiger partial charge < -0.3 is 15.6 Å². The molecule has 15 heavy (non-hydrogen) atoms. The Labute approximate surface area is 98.4 Å². The van der Waals surface area contributed by atoms with E-state index in [4.69, 9.17) is 15.6 Å². The van der Waals surface area contributed by atoms with Gasteiger partial charge in [-0.15, -0.1) is 0 Å². The highest BCUT2D eigenvalue weighted by atomic mass is 79.9. The van der Waals surface area contributed by atoms with Crippen molar-refractivity contribution in [1.29, 1.82) is 0 Å². The maximum Gasteiger partial charge on any atom is 0.133 e. The summed E-state index contributed by atoms with van der Waals surface area (Å²) < 4.78 is 6.18. The number of aliphatic hydroxyl groups excluding tert-OH is 1. The Morgan fingerprint density at radius 2 is 2.20 bits per heavy atom. The van der Waals surface area contributed by atoms with Crippen molar-refractivity contribution in [3.8, 4) is 5.75 Å². The average Bonchev–Trinajstić information content (AvgIpc) is 2.22. The molecule has 1 rings (SSSR count). The molecule has 0 spiro atoms. The number of halogens is 1.